The Balaban J connectivity index is 5.03. The van der Waals surface area contributed by atoms with Crippen LogP contribution in [-0.4, -0.2) is 31.1 Å². The zero-order chi connectivity index (χ0) is 14.1. The summed E-state index contributed by atoms with van der Waals surface area (Å²) in [5, 5.41) is 0. The summed E-state index contributed by atoms with van der Waals surface area (Å²) in [5.74, 6) is -2.14. The first-order chi connectivity index (χ1) is 8.42. The van der Waals surface area contributed by atoms with E-state index in [0.29, 0.717) is 6.29 Å². The maximum atomic E-state index is 11.2. The lowest BCUT2D eigenvalue weighted by Gasteiger charge is -2.05. The summed E-state index contributed by atoms with van der Waals surface area (Å²) >= 11 is 0. The maximum absolute atomic E-state index is 11.2. The second-order valence-electron chi connectivity index (χ2n) is 3.25. The normalized spacial score (nSPS) is 11.7. The van der Waals surface area contributed by atoms with Crippen molar-refractivity contribution >= 4 is 24.0 Å². The molecule has 0 rings (SSSR count). The van der Waals surface area contributed by atoms with E-state index in [1.807, 2.05) is 0 Å². The molecular weight excluding hydrogens is 240 g/mol. The van der Waals surface area contributed by atoms with Gasteiger partial charge in [0, 0.05) is 25.5 Å². The van der Waals surface area contributed by atoms with Crippen molar-refractivity contribution < 1.29 is 28.7 Å². The summed E-state index contributed by atoms with van der Waals surface area (Å²) in [6.45, 7) is 2.29. The molecule has 0 fully saturated rings. The van der Waals surface area contributed by atoms with E-state index in [4.69, 9.17) is 0 Å². The standard InChI is InChI=1S/C12H14O6/c1-8(14)12(18-9(2)15)10(7-13)5-4-6-11(16)17-3/h4,6-7H,5H2,1-3H3/b6-4-,12-10-. The maximum Gasteiger partial charge on any atom is 0.330 e. The molecule has 0 heterocycles. The molecule has 0 aromatic rings. The molecule has 0 saturated heterocycles. The number of hydrogen-bond acceptors (Lipinski definition) is 6. The Morgan fingerprint density at radius 2 is 1.78 bits per heavy atom. The number of carbonyl (C=O) groups is 4. The van der Waals surface area contributed by atoms with E-state index >= 15 is 0 Å². The molecule has 0 saturated carbocycles. The second-order valence-corrected chi connectivity index (χ2v) is 3.25. The van der Waals surface area contributed by atoms with Gasteiger partial charge in [-0.1, -0.05) is 6.08 Å². The SMILES string of the molecule is COC(=O)/C=C\C/C(C=O)=C(/OC(C)=O)C(C)=O. The number of ketones is 1. The molecule has 0 spiro atoms. The summed E-state index contributed by atoms with van der Waals surface area (Å²) < 4.78 is 9.01. The molecule has 0 radical (unpaired) electrons. The van der Waals surface area contributed by atoms with Crippen LogP contribution in [0.15, 0.2) is 23.5 Å². The van der Waals surface area contributed by atoms with E-state index in [-0.39, 0.29) is 17.8 Å². The monoisotopic (exact) mass is 254 g/mol. The third kappa shape index (κ3) is 5.74. The molecule has 0 aliphatic heterocycles. The van der Waals surface area contributed by atoms with Crippen LogP contribution in [0.4, 0.5) is 0 Å². The van der Waals surface area contributed by atoms with Crippen molar-refractivity contribution in [2.24, 2.45) is 0 Å². The lowest BCUT2D eigenvalue weighted by atomic mass is 10.1. The number of methoxy groups -OCH3 is 1. The molecule has 0 N–H and O–H groups in total. The van der Waals surface area contributed by atoms with Crippen molar-refractivity contribution in [3.8, 4) is 0 Å². The Bertz CT molecular complexity index is 416. The van der Waals surface area contributed by atoms with Gasteiger partial charge in [-0.15, -0.1) is 0 Å². The zero-order valence-electron chi connectivity index (χ0n) is 10.4. The summed E-state index contributed by atoms with van der Waals surface area (Å²) in [5.41, 5.74) is -0.0159. The van der Waals surface area contributed by atoms with Crippen LogP contribution >= 0.6 is 0 Å². The first-order valence-electron chi connectivity index (χ1n) is 5.04. The quantitative estimate of drug-likeness (QED) is 0.300. The van der Waals surface area contributed by atoms with Crippen molar-refractivity contribution in [1.29, 1.82) is 0 Å². The number of Topliss-reactive ketones (excluding diaryl/α,β-unsaturated/α-hetero) is 1. The average molecular weight is 254 g/mol. The van der Waals surface area contributed by atoms with Gasteiger partial charge in [0.05, 0.1) is 7.11 Å². The predicted octanol–water partition coefficient (Wildman–Crippen LogP) is 0.711. The number of rotatable bonds is 6. The average Bonchev–Trinajstić information content (AvgIpc) is 2.31. The van der Waals surface area contributed by atoms with Crippen LogP contribution in [0.2, 0.25) is 0 Å². The summed E-state index contributed by atoms with van der Waals surface area (Å²) in [7, 11) is 1.21. The minimum atomic E-state index is -0.698. The van der Waals surface area contributed by atoms with Gasteiger partial charge >= 0.3 is 11.9 Å². The topological polar surface area (TPSA) is 86.7 Å². The number of aldehydes is 1. The van der Waals surface area contributed by atoms with E-state index < -0.39 is 17.7 Å². The first-order valence-corrected chi connectivity index (χ1v) is 5.04. The molecule has 18 heavy (non-hydrogen) atoms. The minimum Gasteiger partial charge on any atom is -0.466 e. The molecule has 0 aromatic heterocycles. The lowest BCUT2D eigenvalue weighted by Crippen LogP contribution is -2.10. The van der Waals surface area contributed by atoms with E-state index in [9.17, 15) is 19.2 Å². The van der Waals surface area contributed by atoms with Crippen LogP contribution in [0.3, 0.4) is 0 Å². The van der Waals surface area contributed by atoms with Gasteiger partial charge in [0.2, 0.25) is 0 Å². The molecule has 0 aliphatic rings. The van der Waals surface area contributed by atoms with Crippen LogP contribution in [0.25, 0.3) is 0 Å². The molecule has 0 atom stereocenters. The molecule has 0 aliphatic carbocycles. The fourth-order valence-electron chi connectivity index (χ4n) is 1.05. The molecule has 0 bridgehead atoms. The van der Waals surface area contributed by atoms with E-state index in [0.717, 1.165) is 13.0 Å². The van der Waals surface area contributed by atoms with Gasteiger partial charge in [0.25, 0.3) is 0 Å². The van der Waals surface area contributed by atoms with Crippen molar-refractivity contribution in [2.75, 3.05) is 7.11 Å². The van der Waals surface area contributed by atoms with Crippen molar-refractivity contribution in [1.82, 2.24) is 0 Å². The predicted molar refractivity (Wildman–Crippen MR) is 61.3 cm³/mol. The number of esters is 2. The number of ether oxygens (including phenoxy) is 2. The van der Waals surface area contributed by atoms with Crippen LogP contribution in [0.1, 0.15) is 20.3 Å². The molecule has 0 amide bonds. The minimum absolute atomic E-state index is 0.0131. The van der Waals surface area contributed by atoms with Gasteiger partial charge in [-0.2, -0.15) is 0 Å². The second kappa shape index (κ2) is 7.94. The van der Waals surface area contributed by atoms with Crippen LogP contribution in [0.5, 0.6) is 0 Å². The van der Waals surface area contributed by atoms with Gasteiger partial charge < -0.3 is 9.47 Å². The lowest BCUT2D eigenvalue weighted by molar-refractivity contribution is -0.140. The highest BCUT2D eigenvalue weighted by atomic mass is 16.5. The smallest absolute Gasteiger partial charge is 0.330 e. The zero-order valence-corrected chi connectivity index (χ0v) is 10.4. The van der Waals surface area contributed by atoms with E-state index in [1.54, 1.807) is 0 Å². The third-order valence-electron chi connectivity index (χ3n) is 1.79. The highest BCUT2D eigenvalue weighted by molar-refractivity contribution is 5.99. The molecule has 0 unspecified atom stereocenters. The Labute approximate surface area is 104 Å². The highest BCUT2D eigenvalue weighted by Crippen LogP contribution is 2.11. The van der Waals surface area contributed by atoms with Crippen LogP contribution in [0, 0.1) is 0 Å². The largest absolute Gasteiger partial charge is 0.466 e. The Hall–Kier alpha value is -2.24. The van der Waals surface area contributed by atoms with Gasteiger partial charge in [0.15, 0.2) is 11.5 Å². The van der Waals surface area contributed by atoms with E-state index in [1.165, 1.54) is 20.1 Å². The highest BCUT2D eigenvalue weighted by Gasteiger charge is 2.14. The third-order valence-corrected chi connectivity index (χ3v) is 1.79. The summed E-state index contributed by atoms with van der Waals surface area (Å²) in [6, 6.07) is 0. The number of hydrogen-bond donors (Lipinski definition) is 0. The fourth-order valence-corrected chi connectivity index (χ4v) is 1.05. The van der Waals surface area contributed by atoms with Gasteiger partial charge in [-0.05, 0) is 6.42 Å². The van der Waals surface area contributed by atoms with Gasteiger partial charge in [0.1, 0.15) is 6.29 Å². The van der Waals surface area contributed by atoms with Gasteiger partial charge in [-0.3, -0.25) is 14.4 Å². The molecule has 0 aromatic carbocycles. The molecular formula is C12H14O6. The van der Waals surface area contributed by atoms with Crippen LogP contribution in [-0.2, 0) is 28.7 Å². The molecule has 6 heteroatoms. The number of allylic oxidation sites excluding steroid dienone is 3. The molecule has 6 nitrogen and oxygen atoms in total. The van der Waals surface area contributed by atoms with Crippen molar-refractivity contribution in [3.63, 3.8) is 0 Å². The van der Waals surface area contributed by atoms with Crippen molar-refractivity contribution in [3.05, 3.63) is 23.5 Å². The summed E-state index contributed by atoms with van der Waals surface area (Å²) in [4.78, 5) is 43.6. The van der Waals surface area contributed by atoms with Crippen LogP contribution < -0.4 is 0 Å². The fraction of sp³-hybridized carbons (Fsp3) is 0.333. The molecule has 98 valence electrons. The van der Waals surface area contributed by atoms with Gasteiger partial charge in [-0.25, -0.2) is 4.79 Å². The summed E-state index contributed by atoms with van der Waals surface area (Å²) in [6.07, 6.45) is 2.83. The number of carbonyl (C=O) groups excluding carboxylic acids is 4. The first kappa shape index (κ1) is 15.8. The van der Waals surface area contributed by atoms with Crippen molar-refractivity contribution in [2.45, 2.75) is 20.3 Å². The van der Waals surface area contributed by atoms with E-state index in [2.05, 4.69) is 9.47 Å². The Kier molecular flexibility index (Phi) is 6.95. The Morgan fingerprint density at radius 1 is 1.17 bits per heavy atom. The Morgan fingerprint density at radius 3 is 2.17 bits per heavy atom.